The summed E-state index contributed by atoms with van der Waals surface area (Å²) in [5.74, 6) is 0.110. The molecule has 19 heavy (non-hydrogen) atoms. The van der Waals surface area contributed by atoms with Gasteiger partial charge in [0.05, 0.1) is 12.0 Å². The van der Waals surface area contributed by atoms with Gasteiger partial charge in [0.1, 0.15) is 0 Å². The van der Waals surface area contributed by atoms with E-state index in [0.717, 1.165) is 12.8 Å². The largest absolute Gasteiger partial charge is 0.353 e. The Labute approximate surface area is 112 Å². The highest BCUT2D eigenvalue weighted by Crippen LogP contribution is 2.22. The number of hydrogen-bond acceptors (Lipinski definition) is 3. The van der Waals surface area contributed by atoms with Crippen LogP contribution in [0, 0.1) is 5.92 Å². The number of amides is 1. The summed E-state index contributed by atoms with van der Waals surface area (Å²) >= 11 is 0. The van der Waals surface area contributed by atoms with Crippen molar-refractivity contribution in [1.82, 2.24) is 10.6 Å². The summed E-state index contributed by atoms with van der Waals surface area (Å²) in [6.07, 6.45) is 2.79. The molecule has 2 fully saturated rings. The average molecular weight is 258 g/mol. The molecule has 3 rings (SSSR count). The van der Waals surface area contributed by atoms with Crippen LogP contribution in [0.3, 0.4) is 0 Å². The first kappa shape index (κ1) is 12.4. The molecule has 2 atom stereocenters. The van der Waals surface area contributed by atoms with Crippen LogP contribution in [0.1, 0.15) is 29.6 Å². The Morgan fingerprint density at radius 3 is 2.58 bits per heavy atom. The minimum Gasteiger partial charge on any atom is -0.353 e. The molecule has 2 unspecified atom stereocenters. The van der Waals surface area contributed by atoms with Gasteiger partial charge in [-0.15, -0.1) is 0 Å². The van der Waals surface area contributed by atoms with Crippen LogP contribution >= 0.6 is 0 Å². The summed E-state index contributed by atoms with van der Waals surface area (Å²) in [6, 6.07) is 9.42. The van der Waals surface area contributed by atoms with E-state index in [1.54, 1.807) is 0 Å². The number of Topliss-reactive ketones (excluding diaryl/α,β-unsaturated/α-hetero) is 1. The molecule has 1 saturated heterocycles. The maximum Gasteiger partial charge on any atom is 0.224 e. The highest BCUT2D eigenvalue weighted by atomic mass is 16.2. The van der Waals surface area contributed by atoms with Gasteiger partial charge in [0, 0.05) is 18.2 Å². The molecular weight excluding hydrogens is 240 g/mol. The molecule has 0 radical (unpaired) electrons. The number of nitrogens with one attached hydrogen (secondary N) is 2. The van der Waals surface area contributed by atoms with Gasteiger partial charge in [-0.05, 0) is 19.3 Å². The van der Waals surface area contributed by atoms with Crippen LogP contribution in [0.5, 0.6) is 0 Å². The maximum absolute atomic E-state index is 12.3. The lowest BCUT2D eigenvalue weighted by Gasteiger charge is -2.10. The third kappa shape index (κ3) is 2.84. The van der Waals surface area contributed by atoms with E-state index in [4.69, 9.17) is 0 Å². The second-order valence-electron chi connectivity index (χ2n) is 5.41. The lowest BCUT2D eigenvalue weighted by molar-refractivity contribution is -0.124. The highest BCUT2D eigenvalue weighted by molar-refractivity contribution is 6.00. The summed E-state index contributed by atoms with van der Waals surface area (Å²) < 4.78 is 0. The number of ketones is 1. The van der Waals surface area contributed by atoms with Crippen LogP contribution in [0.25, 0.3) is 0 Å². The Kier molecular flexibility index (Phi) is 3.34. The molecule has 0 spiro atoms. The van der Waals surface area contributed by atoms with Crippen molar-refractivity contribution in [2.75, 3.05) is 6.54 Å². The van der Waals surface area contributed by atoms with E-state index < -0.39 is 0 Å². The fourth-order valence-corrected chi connectivity index (χ4v) is 2.49. The van der Waals surface area contributed by atoms with E-state index in [9.17, 15) is 9.59 Å². The third-order valence-electron chi connectivity index (χ3n) is 3.80. The summed E-state index contributed by atoms with van der Waals surface area (Å²) in [5.41, 5.74) is 0.711. The second kappa shape index (κ2) is 5.13. The van der Waals surface area contributed by atoms with E-state index in [-0.39, 0.29) is 23.7 Å². The molecule has 4 heteroatoms. The van der Waals surface area contributed by atoms with Gasteiger partial charge in [-0.25, -0.2) is 0 Å². The SMILES string of the molecule is O=C(NC1CC1)C1CNC(C(=O)c2ccccc2)C1. The quantitative estimate of drug-likeness (QED) is 0.796. The molecule has 1 aliphatic heterocycles. The lowest BCUT2D eigenvalue weighted by atomic mass is 9.98. The summed E-state index contributed by atoms with van der Waals surface area (Å²) in [4.78, 5) is 24.2. The maximum atomic E-state index is 12.3. The third-order valence-corrected chi connectivity index (χ3v) is 3.80. The van der Waals surface area contributed by atoms with Crippen LogP contribution in [0.15, 0.2) is 30.3 Å². The zero-order valence-corrected chi connectivity index (χ0v) is 10.8. The molecule has 2 aliphatic rings. The predicted octanol–water partition coefficient (Wildman–Crippen LogP) is 1.13. The average Bonchev–Trinajstić information content (AvgIpc) is 3.11. The van der Waals surface area contributed by atoms with Crippen molar-refractivity contribution >= 4 is 11.7 Å². The van der Waals surface area contributed by atoms with Gasteiger partial charge in [0.25, 0.3) is 0 Å². The molecular formula is C15H18N2O2. The molecule has 4 nitrogen and oxygen atoms in total. The van der Waals surface area contributed by atoms with Crippen LogP contribution in [0.4, 0.5) is 0 Å². The highest BCUT2D eigenvalue weighted by Gasteiger charge is 2.35. The first-order valence-electron chi connectivity index (χ1n) is 6.87. The zero-order chi connectivity index (χ0) is 13.2. The van der Waals surface area contributed by atoms with Crippen LogP contribution in [0.2, 0.25) is 0 Å². The van der Waals surface area contributed by atoms with Crippen LogP contribution in [-0.2, 0) is 4.79 Å². The van der Waals surface area contributed by atoms with Crippen molar-refractivity contribution in [3.8, 4) is 0 Å². The van der Waals surface area contributed by atoms with Gasteiger partial charge >= 0.3 is 0 Å². The fraction of sp³-hybridized carbons (Fsp3) is 0.467. The molecule has 0 bridgehead atoms. The number of carbonyl (C=O) groups is 2. The van der Waals surface area contributed by atoms with Crippen LogP contribution < -0.4 is 10.6 Å². The van der Waals surface area contributed by atoms with Gasteiger partial charge in [0.15, 0.2) is 5.78 Å². The van der Waals surface area contributed by atoms with Crippen molar-refractivity contribution in [2.24, 2.45) is 5.92 Å². The molecule has 0 aromatic heterocycles. The predicted molar refractivity (Wildman–Crippen MR) is 71.8 cm³/mol. The first-order chi connectivity index (χ1) is 9.24. The molecule has 1 saturated carbocycles. The molecule has 1 aromatic carbocycles. The van der Waals surface area contributed by atoms with Crippen molar-refractivity contribution in [3.05, 3.63) is 35.9 Å². The van der Waals surface area contributed by atoms with Gasteiger partial charge in [0.2, 0.25) is 5.91 Å². The van der Waals surface area contributed by atoms with E-state index >= 15 is 0 Å². The second-order valence-corrected chi connectivity index (χ2v) is 5.41. The first-order valence-corrected chi connectivity index (χ1v) is 6.87. The molecule has 1 aromatic rings. The monoisotopic (exact) mass is 258 g/mol. The number of carbonyl (C=O) groups excluding carboxylic acids is 2. The van der Waals surface area contributed by atoms with E-state index in [1.165, 1.54) is 0 Å². The van der Waals surface area contributed by atoms with Crippen molar-refractivity contribution < 1.29 is 9.59 Å². The molecule has 1 aliphatic carbocycles. The van der Waals surface area contributed by atoms with Gasteiger partial charge in [-0.2, -0.15) is 0 Å². The minimum absolute atomic E-state index is 0.0711. The molecule has 1 amide bonds. The van der Waals surface area contributed by atoms with Gasteiger partial charge in [-0.3, -0.25) is 9.59 Å². The minimum atomic E-state index is -0.225. The number of benzene rings is 1. The standard InChI is InChI=1S/C15H18N2O2/c18-14(10-4-2-1-3-5-10)13-8-11(9-16-13)15(19)17-12-6-7-12/h1-5,11-13,16H,6-9H2,(H,17,19). The van der Waals surface area contributed by atoms with E-state index in [1.807, 2.05) is 30.3 Å². The molecule has 2 N–H and O–H groups in total. The van der Waals surface area contributed by atoms with Crippen molar-refractivity contribution in [1.29, 1.82) is 0 Å². The Morgan fingerprint density at radius 1 is 1.16 bits per heavy atom. The number of hydrogen-bond donors (Lipinski definition) is 2. The van der Waals surface area contributed by atoms with Crippen molar-refractivity contribution in [3.63, 3.8) is 0 Å². The topological polar surface area (TPSA) is 58.2 Å². The Bertz CT molecular complexity index is 482. The Hall–Kier alpha value is -1.68. The molecule has 100 valence electrons. The Balaban J connectivity index is 1.59. The van der Waals surface area contributed by atoms with Gasteiger partial charge in [-0.1, -0.05) is 30.3 Å². The summed E-state index contributed by atoms with van der Waals surface area (Å²) in [5, 5.41) is 6.17. The van der Waals surface area contributed by atoms with Crippen LogP contribution in [-0.4, -0.2) is 30.3 Å². The van der Waals surface area contributed by atoms with Gasteiger partial charge < -0.3 is 10.6 Å². The fourth-order valence-electron chi connectivity index (χ4n) is 2.49. The summed E-state index contributed by atoms with van der Waals surface area (Å²) in [7, 11) is 0. The lowest BCUT2D eigenvalue weighted by Crippen LogP contribution is -2.33. The number of rotatable bonds is 4. The zero-order valence-electron chi connectivity index (χ0n) is 10.8. The molecule has 1 heterocycles. The summed E-state index contributed by atoms with van der Waals surface area (Å²) in [6.45, 7) is 0.599. The van der Waals surface area contributed by atoms with Crippen molar-refractivity contribution in [2.45, 2.75) is 31.3 Å². The smallest absolute Gasteiger partial charge is 0.224 e. The Morgan fingerprint density at radius 2 is 1.89 bits per heavy atom. The van der Waals surface area contributed by atoms with E-state index in [0.29, 0.717) is 24.6 Å². The normalized spacial score (nSPS) is 26.1. The van der Waals surface area contributed by atoms with E-state index in [2.05, 4.69) is 10.6 Å².